The first-order chi connectivity index (χ1) is 17.4. The summed E-state index contributed by atoms with van der Waals surface area (Å²) in [4.78, 5) is 22.2. The Hall–Kier alpha value is -4.58. The van der Waals surface area contributed by atoms with Crippen LogP contribution in [0.1, 0.15) is 35.8 Å². The maximum Gasteiger partial charge on any atom is 0.352 e. The number of halogens is 1. The predicted molar refractivity (Wildman–Crippen MR) is 142 cm³/mol. The summed E-state index contributed by atoms with van der Waals surface area (Å²) >= 11 is 0. The van der Waals surface area contributed by atoms with Crippen molar-refractivity contribution >= 4 is 27.8 Å². The Kier molecular flexibility index (Phi) is 5.04. The minimum Gasteiger partial charge on any atom is -0.477 e. The average molecular weight is 478 g/mol. The maximum absolute atomic E-state index is 14.6. The van der Waals surface area contributed by atoms with Gasteiger partial charge in [0.1, 0.15) is 11.5 Å². The molecule has 0 spiro atoms. The van der Waals surface area contributed by atoms with E-state index in [2.05, 4.69) is 21.0 Å². The molecule has 0 saturated carbocycles. The first-order valence-electron chi connectivity index (χ1n) is 11.9. The standard InChI is InChI=1S/C30H24FN3O2/c1-16(2)26-27(20-9-6-10-23-21(20)15-24(33-23)17-7-4-3-5-8-17)29(30(35)36)34-28(26)22-13-18(31)14-25-19(22)11-12-32-25/h3-16,32-34H,1-2H3,(H,35,36). The fourth-order valence-electron chi connectivity index (χ4n) is 5.23. The van der Waals surface area contributed by atoms with Gasteiger partial charge in [0, 0.05) is 44.8 Å². The molecule has 0 aliphatic rings. The van der Waals surface area contributed by atoms with Crippen molar-refractivity contribution in [1.29, 1.82) is 0 Å². The largest absolute Gasteiger partial charge is 0.477 e. The minimum atomic E-state index is -1.06. The first kappa shape index (κ1) is 21.9. The number of carbonyl (C=O) groups is 1. The van der Waals surface area contributed by atoms with Crippen LogP contribution in [-0.2, 0) is 0 Å². The van der Waals surface area contributed by atoms with Crippen molar-refractivity contribution in [3.05, 3.63) is 96.1 Å². The fourth-order valence-corrected chi connectivity index (χ4v) is 5.23. The lowest BCUT2D eigenvalue weighted by atomic mass is 9.89. The monoisotopic (exact) mass is 477 g/mol. The lowest BCUT2D eigenvalue weighted by Gasteiger charge is -2.13. The van der Waals surface area contributed by atoms with E-state index in [9.17, 15) is 14.3 Å². The van der Waals surface area contributed by atoms with Gasteiger partial charge >= 0.3 is 5.97 Å². The Morgan fingerprint density at radius 3 is 2.42 bits per heavy atom. The molecule has 0 atom stereocenters. The molecule has 4 N–H and O–H groups in total. The molecule has 3 heterocycles. The Morgan fingerprint density at radius 1 is 0.861 bits per heavy atom. The van der Waals surface area contributed by atoms with Gasteiger partial charge in [-0.25, -0.2) is 9.18 Å². The van der Waals surface area contributed by atoms with Crippen LogP contribution in [0.15, 0.2) is 79.0 Å². The molecule has 0 aliphatic carbocycles. The van der Waals surface area contributed by atoms with E-state index in [4.69, 9.17) is 0 Å². The van der Waals surface area contributed by atoms with Gasteiger partial charge in [-0.05, 0) is 52.9 Å². The summed E-state index contributed by atoms with van der Waals surface area (Å²) in [7, 11) is 0. The quantitative estimate of drug-likeness (QED) is 0.203. The van der Waals surface area contributed by atoms with Gasteiger partial charge in [0.05, 0.1) is 5.69 Å². The SMILES string of the molecule is CC(C)c1c(-c2cc(F)cc3[nH]ccc23)[nH]c(C(=O)O)c1-c1cccc2[nH]c(-c3ccccc3)cc12. The molecule has 0 unspecified atom stereocenters. The van der Waals surface area contributed by atoms with E-state index in [1.54, 1.807) is 6.20 Å². The Morgan fingerprint density at radius 2 is 1.67 bits per heavy atom. The van der Waals surface area contributed by atoms with Crippen LogP contribution in [0, 0.1) is 5.82 Å². The molecule has 3 aromatic heterocycles. The first-order valence-corrected chi connectivity index (χ1v) is 11.9. The van der Waals surface area contributed by atoms with Crippen molar-refractivity contribution in [3.63, 3.8) is 0 Å². The van der Waals surface area contributed by atoms with Crippen molar-refractivity contribution in [2.45, 2.75) is 19.8 Å². The molecule has 5 nitrogen and oxygen atoms in total. The molecular formula is C30H24FN3O2. The van der Waals surface area contributed by atoms with Gasteiger partial charge in [-0.3, -0.25) is 0 Å². The number of hydrogen-bond donors (Lipinski definition) is 4. The summed E-state index contributed by atoms with van der Waals surface area (Å²) in [5.41, 5.74) is 7.22. The number of carboxylic acid groups (broad SMARTS) is 1. The molecular weight excluding hydrogens is 453 g/mol. The lowest BCUT2D eigenvalue weighted by Crippen LogP contribution is -2.00. The zero-order chi connectivity index (χ0) is 25.0. The number of H-pyrrole nitrogens is 3. The molecule has 0 bridgehead atoms. The number of aromatic nitrogens is 3. The summed E-state index contributed by atoms with van der Waals surface area (Å²) < 4.78 is 14.6. The third kappa shape index (κ3) is 3.41. The molecule has 0 aliphatic heterocycles. The topological polar surface area (TPSA) is 84.7 Å². The summed E-state index contributed by atoms with van der Waals surface area (Å²) in [5.74, 6) is -1.47. The number of aromatic carboxylic acids is 1. The van der Waals surface area contributed by atoms with Crippen molar-refractivity contribution in [3.8, 4) is 33.6 Å². The average Bonchev–Trinajstić information content (AvgIpc) is 3.60. The number of hydrogen-bond acceptors (Lipinski definition) is 1. The molecule has 6 heteroatoms. The number of aromatic amines is 3. The Bertz CT molecular complexity index is 1760. The molecule has 6 aromatic rings. The number of nitrogens with one attached hydrogen (secondary N) is 3. The minimum absolute atomic E-state index is 0.0283. The van der Waals surface area contributed by atoms with Gasteiger partial charge in [-0.15, -0.1) is 0 Å². The highest BCUT2D eigenvalue weighted by Gasteiger charge is 2.28. The van der Waals surface area contributed by atoms with Crippen LogP contribution in [0.25, 0.3) is 55.4 Å². The molecule has 0 fully saturated rings. The van der Waals surface area contributed by atoms with E-state index in [0.717, 1.165) is 38.7 Å². The molecule has 0 amide bonds. The van der Waals surface area contributed by atoms with E-state index in [1.807, 2.05) is 68.4 Å². The zero-order valence-corrected chi connectivity index (χ0v) is 19.8. The zero-order valence-electron chi connectivity index (χ0n) is 19.8. The van der Waals surface area contributed by atoms with Crippen LogP contribution in [0.2, 0.25) is 0 Å². The lowest BCUT2D eigenvalue weighted by molar-refractivity contribution is 0.0692. The second-order valence-corrected chi connectivity index (χ2v) is 9.33. The molecule has 178 valence electrons. The van der Waals surface area contributed by atoms with Crippen LogP contribution >= 0.6 is 0 Å². The van der Waals surface area contributed by atoms with E-state index in [0.29, 0.717) is 22.3 Å². The van der Waals surface area contributed by atoms with Gasteiger partial charge in [0.2, 0.25) is 0 Å². The van der Waals surface area contributed by atoms with Gasteiger partial charge in [0.25, 0.3) is 0 Å². The second kappa shape index (κ2) is 8.27. The molecule has 0 radical (unpaired) electrons. The highest BCUT2D eigenvalue weighted by atomic mass is 19.1. The van der Waals surface area contributed by atoms with Crippen LogP contribution in [0.3, 0.4) is 0 Å². The summed E-state index contributed by atoms with van der Waals surface area (Å²) in [6.07, 6.45) is 1.76. The number of carboxylic acids is 1. The number of rotatable bonds is 5. The van der Waals surface area contributed by atoms with Gasteiger partial charge in [0.15, 0.2) is 0 Å². The number of benzene rings is 3. The normalized spacial score (nSPS) is 11.7. The third-order valence-corrected chi connectivity index (χ3v) is 6.75. The van der Waals surface area contributed by atoms with Crippen LogP contribution in [0.4, 0.5) is 4.39 Å². The molecule has 0 saturated heterocycles. The smallest absolute Gasteiger partial charge is 0.352 e. The number of fused-ring (bicyclic) bond motifs is 2. The molecule has 6 rings (SSSR count). The fraction of sp³-hybridized carbons (Fsp3) is 0.100. The highest BCUT2D eigenvalue weighted by molar-refractivity contribution is 6.07. The van der Waals surface area contributed by atoms with Crippen molar-refractivity contribution in [1.82, 2.24) is 15.0 Å². The molecule has 36 heavy (non-hydrogen) atoms. The van der Waals surface area contributed by atoms with Crippen LogP contribution < -0.4 is 0 Å². The van der Waals surface area contributed by atoms with Gasteiger partial charge in [-0.1, -0.05) is 56.3 Å². The Balaban J connectivity index is 1.67. The Labute approximate surface area is 206 Å². The van der Waals surface area contributed by atoms with E-state index in [-0.39, 0.29) is 17.4 Å². The molecule has 3 aromatic carbocycles. The second-order valence-electron chi connectivity index (χ2n) is 9.33. The summed E-state index contributed by atoms with van der Waals surface area (Å²) in [6.45, 7) is 4.06. The van der Waals surface area contributed by atoms with Crippen LogP contribution in [0.5, 0.6) is 0 Å². The van der Waals surface area contributed by atoms with E-state index < -0.39 is 5.97 Å². The van der Waals surface area contributed by atoms with Crippen LogP contribution in [-0.4, -0.2) is 26.0 Å². The maximum atomic E-state index is 14.6. The van der Waals surface area contributed by atoms with Gasteiger partial charge in [-0.2, -0.15) is 0 Å². The summed E-state index contributed by atoms with van der Waals surface area (Å²) in [6, 6.07) is 22.7. The van der Waals surface area contributed by atoms with E-state index >= 15 is 0 Å². The van der Waals surface area contributed by atoms with Crippen molar-refractivity contribution in [2.75, 3.05) is 0 Å². The third-order valence-electron chi connectivity index (χ3n) is 6.75. The van der Waals surface area contributed by atoms with Crippen molar-refractivity contribution < 1.29 is 14.3 Å². The van der Waals surface area contributed by atoms with E-state index in [1.165, 1.54) is 12.1 Å². The van der Waals surface area contributed by atoms with Crippen molar-refractivity contribution in [2.24, 2.45) is 0 Å². The van der Waals surface area contributed by atoms with Gasteiger partial charge < -0.3 is 20.1 Å². The predicted octanol–water partition coefficient (Wildman–Crippen LogP) is 7.94. The highest BCUT2D eigenvalue weighted by Crippen LogP contribution is 2.44. The summed E-state index contributed by atoms with van der Waals surface area (Å²) in [5, 5.41) is 12.0.